The average Bonchev–Trinajstić information content (AvgIpc) is 2.54. The molecule has 2 heterocycles. The number of hydrogen-bond donors (Lipinski definition) is 0. The van der Waals surface area contributed by atoms with Crippen molar-refractivity contribution in [3.8, 4) is 0 Å². The second kappa shape index (κ2) is 7.34. The molecule has 0 unspecified atom stereocenters. The average molecular weight is 426 g/mol. The van der Waals surface area contributed by atoms with Gasteiger partial charge in [-0.2, -0.15) is 0 Å². The number of fused-ring (bicyclic) bond motifs is 1. The van der Waals surface area contributed by atoms with Crippen LogP contribution in [0.3, 0.4) is 0 Å². The molecule has 0 spiro atoms. The van der Waals surface area contributed by atoms with Crippen molar-refractivity contribution < 1.29 is 22.7 Å². The highest BCUT2D eigenvalue weighted by Gasteiger charge is 2.41. The summed E-state index contributed by atoms with van der Waals surface area (Å²) < 4.78 is 29.7. The second-order valence-electron chi connectivity index (χ2n) is 9.98. The number of sulfone groups is 1. The smallest absolute Gasteiger partial charge is 0.308 e. The van der Waals surface area contributed by atoms with Crippen LogP contribution >= 0.6 is 0 Å². The Hall–Kier alpha value is -2.03. The predicted molar refractivity (Wildman–Crippen MR) is 108 cm³/mol. The summed E-state index contributed by atoms with van der Waals surface area (Å²) in [6.07, 6.45) is 1.36. The Morgan fingerprint density at radius 3 is 2.31 bits per heavy atom. The number of carbonyl (C=O) groups excluding carboxylic acids is 2. The summed E-state index contributed by atoms with van der Waals surface area (Å²) in [5, 5.41) is -0.271. The van der Waals surface area contributed by atoms with Crippen LogP contribution < -0.4 is 0 Å². The van der Waals surface area contributed by atoms with Gasteiger partial charge in [0.2, 0.25) is 15.0 Å². The minimum absolute atomic E-state index is 0.0752. The molecule has 0 radical (unpaired) electrons. The van der Waals surface area contributed by atoms with Crippen molar-refractivity contribution in [1.82, 2.24) is 14.9 Å². The minimum atomic E-state index is -3.74. The van der Waals surface area contributed by atoms with Gasteiger partial charge in [0, 0.05) is 24.7 Å². The summed E-state index contributed by atoms with van der Waals surface area (Å²) in [5.74, 6) is -0.695. The van der Waals surface area contributed by atoms with Crippen molar-refractivity contribution in [3.63, 3.8) is 0 Å². The van der Waals surface area contributed by atoms with E-state index in [4.69, 9.17) is 4.74 Å². The molecule has 0 bridgehead atoms. The number of aromatic nitrogens is 2. The lowest BCUT2D eigenvalue weighted by molar-refractivity contribution is -0.155. The van der Waals surface area contributed by atoms with Crippen LogP contribution in [0, 0.1) is 0 Å². The lowest BCUT2D eigenvalue weighted by atomic mass is 9.82. The van der Waals surface area contributed by atoms with E-state index in [1.165, 1.54) is 6.20 Å². The lowest BCUT2D eigenvalue weighted by Gasteiger charge is -2.38. The van der Waals surface area contributed by atoms with Gasteiger partial charge in [0.15, 0.2) is 0 Å². The molecule has 1 aliphatic rings. The molecule has 0 aromatic carbocycles. The first-order valence-corrected chi connectivity index (χ1v) is 11.1. The van der Waals surface area contributed by atoms with Crippen LogP contribution in [-0.4, -0.2) is 58.6 Å². The van der Waals surface area contributed by atoms with Gasteiger partial charge in [-0.1, -0.05) is 13.8 Å². The first kappa shape index (κ1) is 23.3. The maximum atomic E-state index is 12.9. The van der Waals surface area contributed by atoms with Crippen molar-refractivity contribution in [2.45, 2.75) is 82.7 Å². The highest BCUT2D eigenvalue weighted by Crippen LogP contribution is 2.33. The SMILES string of the molecule is CC(C)(C)OC(=O)CCN1CC(C)(C)c2nc(S(=O)(=O)C(C)(C)C)ncc2C1=O. The van der Waals surface area contributed by atoms with Gasteiger partial charge in [0.05, 0.1) is 22.4 Å². The number of hydrogen-bond acceptors (Lipinski definition) is 7. The zero-order chi connectivity index (χ0) is 22.4. The van der Waals surface area contributed by atoms with Crippen molar-refractivity contribution in [2.24, 2.45) is 0 Å². The van der Waals surface area contributed by atoms with Crippen LogP contribution in [0.2, 0.25) is 0 Å². The maximum Gasteiger partial charge on any atom is 0.308 e. The summed E-state index contributed by atoms with van der Waals surface area (Å²) in [7, 11) is -3.74. The highest BCUT2D eigenvalue weighted by atomic mass is 32.2. The van der Waals surface area contributed by atoms with Crippen molar-refractivity contribution in [2.75, 3.05) is 13.1 Å². The monoisotopic (exact) mass is 425 g/mol. The minimum Gasteiger partial charge on any atom is -0.460 e. The first-order valence-electron chi connectivity index (χ1n) is 9.59. The molecule has 1 amide bonds. The van der Waals surface area contributed by atoms with Crippen LogP contribution in [0.1, 0.15) is 77.9 Å². The van der Waals surface area contributed by atoms with E-state index >= 15 is 0 Å². The van der Waals surface area contributed by atoms with E-state index < -0.39 is 25.6 Å². The molecule has 0 N–H and O–H groups in total. The number of amides is 1. The molecular weight excluding hydrogens is 394 g/mol. The molecular formula is C20H31N3O5S. The van der Waals surface area contributed by atoms with Gasteiger partial charge in [-0.05, 0) is 41.5 Å². The standard InChI is InChI=1S/C20H31N3O5S/c1-18(2,3)28-14(24)9-10-23-12-20(7,8)15-13(16(23)25)11-21-17(22-15)29(26,27)19(4,5)6/h11H,9-10,12H2,1-8H3. The van der Waals surface area contributed by atoms with Crippen molar-refractivity contribution >= 4 is 21.7 Å². The van der Waals surface area contributed by atoms with Crippen molar-refractivity contribution in [3.05, 3.63) is 17.5 Å². The topological polar surface area (TPSA) is 107 Å². The van der Waals surface area contributed by atoms with Gasteiger partial charge >= 0.3 is 5.97 Å². The number of esters is 1. The molecule has 29 heavy (non-hydrogen) atoms. The fourth-order valence-electron chi connectivity index (χ4n) is 3.03. The predicted octanol–water partition coefficient (Wildman–Crippen LogP) is 2.51. The summed E-state index contributed by atoms with van der Waals surface area (Å²) in [6.45, 7) is 14.4. The fourth-order valence-corrected chi connectivity index (χ4v) is 3.99. The molecule has 0 fully saturated rings. The normalized spacial score (nSPS) is 17.1. The third-order valence-corrected chi connectivity index (χ3v) is 6.85. The Morgan fingerprint density at radius 1 is 1.21 bits per heavy atom. The zero-order valence-electron chi connectivity index (χ0n) is 18.5. The van der Waals surface area contributed by atoms with Gasteiger partial charge in [0.25, 0.3) is 5.91 Å². The molecule has 0 atom stereocenters. The molecule has 162 valence electrons. The van der Waals surface area contributed by atoms with E-state index in [1.54, 1.807) is 46.4 Å². The van der Waals surface area contributed by atoms with Gasteiger partial charge in [-0.25, -0.2) is 18.4 Å². The summed E-state index contributed by atoms with van der Waals surface area (Å²) >= 11 is 0. The molecule has 0 saturated heterocycles. The van der Waals surface area contributed by atoms with E-state index in [0.29, 0.717) is 12.2 Å². The quantitative estimate of drug-likeness (QED) is 0.539. The van der Waals surface area contributed by atoms with Crippen LogP contribution in [-0.2, 0) is 24.8 Å². The summed E-state index contributed by atoms with van der Waals surface area (Å²) in [6, 6.07) is 0. The Morgan fingerprint density at radius 2 is 1.79 bits per heavy atom. The van der Waals surface area contributed by atoms with Gasteiger partial charge in [-0.3, -0.25) is 9.59 Å². The number of carbonyl (C=O) groups is 2. The second-order valence-corrected chi connectivity index (χ2v) is 12.6. The number of ether oxygens (including phenoxy) is 1. The third-order valence-electron chi connectivity index (χ3n) is 4.56. The largest absolute Gasteiger partial charge is 0.460 e. The molecule has 0 aliphatic carbocycles. The molecule has 1 aromatic heterocycles. The molecule has 2 rings (SSSR count). The van der Waals surface area contributed by atoms with Gasteiger partial charge < -0.3 is 9.64 Å². The summed E-state index contributed by atoms with van der Waals surface area (Å²) in [4.78, 5) is 34.8. The Bertz CT molecular complexity index is 924. The first-order chi connectivity index (χ1) is 13.0. The van der Waals surface area contributed by atoms with Gasteiger partial charge in [0.1, 0.15) is 5.60 Å². The van der Waals surface area contributed by atoms with E-state index in [2.05, 4.69) is 9.97 Å². The van der Waals surface area contributed by atoms with E-state index in [9.17, 15) is 18.0 Å². The number of nitrogens with zero attached hydrogens (tertiary/aromatic N) is 3. The lowest BCUT2D eigenvalue weighted by Crippen LogP contribution is -2.48. The Balaban J connectivity index is 2.31. The Labute approximate surface area is 173 Å². The Kier molecular flexibility index (Phi) is 5.88. The van der Waals surface area contributed by atoms with Crippen LogP contribution in [0.5, 0.6) is 0 Å². The van der Waals surface area contributed by atoms with Crippen LogP contribution in [0.4, 0.5) is 0 Å². The molecule has 0 saturated carbocycles. The fraction of sp³-hybridized carbons (Fsp3) is 0.700. The van der Waals surface area contributed by atoms with Crippen LogP contribution in [0.15, 0.2) is 11.4 Å². The summed E-state index contributed by atoms with van der Waals surface area (Å²) in [5.41, 5.74) is -0.507. The molecule has 9 heteroatoms. The maximum absolute atomic E-state index is 12.9. The molecule has 1 aromatic rings. The number of rotatable bonds is 4. The molecule has 1 aliphatic heterocycles. The van der Waals surface area contributed by atoms with Gasteiger partial charge in [-0.15, -0.1) is 0 Å². The van der Waals surface area contributed by atoms with E-state index in [1.807, 2.05) is 13.8 Å². The van der Waals surface area contributed by atoms with E-state index in [0.717, 1.165) is 0 Å². The highest BCUT2D eigenvalue weighted by molar-refractivity contribution is 7.92. The zero-order valence-corrected chi connectivity index (χ0v) is 19.3. The van der Waals surface area contributed by atoms with Crippen LogP contribution in [0.25, 0.3) is 0 Å². The molecule has 8 nitrogen and oxygen atoms in total. The van der Waals surface area contributed by atoms with Crippen molar-refractivity contribution in [1.29, 1.82) is 0 Å². The van der Waals surface area contributed by atoms with E-state index in [-0.39, 0.29) is 35.6 Å². The third kappa shape index (κ3) is 4.94.